The summed E-state index contributed by atoms with van der Waals surface area (Å²) in [5, 5.41) is 6.30. The second-order valence-corrected chi connectivity index (χ2v) is 7.55. The van der Waals surface area contributed by atoms with Crippen molar-refractivity contribution in [2.75, 3.05) is 0 Å². The van der Waals surface area contributed by atoms with Crippen LogP contribution < -0.4 is 10.6 Å². The van der Waals surface area contributed by atoms with Crippen LogP contribution in [0.25, 0.3) is 0 Å². The Morgan fingerprint density at radius 3 is 1.76 bits per heavy atom. The van der Waals surface area contributed by atoms with Crippen LogP contribution >= 0.6 is 0 Å². The molecule has 3 aliphatic rings. The molecule has 0 bridgehead atoms. The van der Waals surface area contributed by atoms with Crippen LogP contribution in [0.15, 0.2) is 0 Å². The van der Waals surface area contributed by atoms with E-state index in [1.165, 1.54) is 12.8 Å². The van der Waals surface area contributed by atoms with Crippen molar-refractivity contribution in [3.63, 3.8) is 0 Å². The summed E-state index contributed by atoms with van der Waals surface area (Å²) in [5.74, 6) is -0.605. The van der Waals surface area contributed by atoms with Crippen LogP contribution in [-0.2, 0) is 9.63 Å². The number of urea groups is 1. The van der Waals surface area contributed by atoms with Crippen molar-refractivity contribution in [3.05, 3.63) is 0 Å². The number of nitrogens with zero attached hydrogens (tertiary/aromatic N) is 1. The Kier molecular flexibility index (Phi) is 6.15. The number of carbonyl (C=O) groups is 3. The summed E-state index contributed by atoms with van der Waals surface area (Å²) in [6, 6.07) is -0.483. The fraction of sp³-hybridized carbons (Fsp3) is 0.833. The van der Waals surface area contributed by atoms with Gasteiger partial charge < -0.3 is 15.5 Å². The van der Waals surface area contributed by atoms with E-state index in [2.05, 4.69) is 10.6 Å². The lowest BCUT2D eigenvalue weighted by Crippen LogP contribution is -2.51. The maximum absolute atomic E-state index is 12.5. The summed E-state index contributed by atoms with van der Waals surface area (Å²) in [4.78, 5) is 42.2. The zero-order valence-electron chi connectivity index (χ0n) is 14.8. The highest BCUT2D eigenvalue weighted by molar-refractivity contribution is 5.96. The second kappa shape index (κ2) is 8.54. The number of rotatable bonds is 3. The summed E-state index contributed by atoms with van der Waals surface area (Å²) >= 11 is 0. The molecule has 0 aromatic rings. The molecule has 3 fully saturated rings. The topological polar surface area (TPSA) is 87.7 Å². The zero-order valence-corrected chi connectivity index (χ0v) is 14.8. The summed E-state index contributed by atoms with van der Waals surface area (Å²) in [6.07, 6.45) is 11.1. The van der Waals surface area contributed by atoms with Crippen LogP contribution in [0.1, 0.15) is 77.0 Å². The van der Waals surface area contributed by atoms with Crippen molar-refractivity contribution in [1.29, 1.82) is 0 Å². The average Bonchev–Trinajstić information content (AvgIpc) is 3.46. The normalized spacial score (nSPS) is 22.1. The van der Waals surface area contributed by atoms with Crippen molar-refractivity contribution >= 4 is 18.0 Å². The van der Waals surface area contributed by atoms with Gasteiger partial charge in [0, 0.05) is 18.0 Å². The fourth-order valence-electron chi connectivity index (χ4n) is 3.69. The van der Waals surface area contributed by atoms with E-state index in [0.717, 1.165) is 64.2 Å². The first-order chi connectivity index (χ1) is 12.1. The van der Waals surface area contributed by atoms with Gasteiger partial charge in [-0.15, -0.1) is 0 Å². The number of hydroxylamine groups is 2. The third kappa shape index (κ3) is 5.34. The van der Waals surface area contributed by atoms with Gasteiger partial charge in [0.25, 0.3) is 5.91 Å². The molecule has 0 saturated heterocycles. The monoisotopic (exact) mass is 351 g/mol. The molecular formula is C18H29N3O4. The first-order valence-electron chi connectivity index (χ1n) is 9.76. The Bertz CT molecular complexity index is 495. The lowest BCUT2D eigenvalue weighted by atomic mass is 9.96. The summed E-state index contributed by atoms with van der Waals surface area (Å²) < 4.78 is 0. The maximum Gasteiger partial charge on any atom is 0.432 e. The molecule has 2 N–H and O–H groups in total. The SMILES string of the molecule is O=C(NC1CCCCC1)ON(C(=O)NC1CCCCC1)C(=O)C1CC1. The van der Waals surface area contributed by atoms with Crippen LogP contribution in [0.4, 0.5) is 9.59 Å². The van der Waals surface area contributed by atoms with E-state index in [1.807, 2.05) is 0 Å². The molecule has 0 atom stereocenters. The van der Waals surface area contributed by atoms with E-state index in [9.17, 15) is 14.4 Å². The number of hydrogen-bond donors (Lipinski definition) is 2. The van der Waals surface area contributed by atoms with Crippen LogP contribution in [0.2, 0.25) is 0 Å². The van der Waals surface area contributed by atoms with Gasteiger partial charge in [-0.25, -0.2) is 9.59 Å². The van der Waals surface area contributed by atoms with Gasteiger partial charge in [-0.1, -0.05) is 43.6 Å². The van der Waals surface area contributed by atoms with Gasteiger partial charge in [0.1, 0.15) is 0 Å². The third-order valence-electron chi connectivity index (χ3n) is 5.35. The van der Waals surface area contributed by atoms with E-state index in [4.69, 9.17) is 4.84 Å². The first kappa shape index (κ1) is 18.0. The smallest absolute Gasteiger partial charge is 0.332 e. The van der Waals surface area contributed by atoms with Crippen molar-refractivity contribution in [1.82, 2.24) is 15.7 Å². The molecule has 0 aliphatic heterocycles. The highest BCUT2D eigenvalue weighted by atomic mass is 16.7. The molecule has 4 amide bonds. The van der Waals surface area contributed by atoms with Gasteiger partial charge in [-0.05, 0) is 38.5 Å². The Hall–Kier alpha value is -1.79. The molecule has 0 spiro atoms. The minimum atomic E-state index is -0.709. The summed E-state index contributed by atoms with van der Waals surface area (Å²) in [7, 11) is 0. The molecule has 0 aromatic carbocycles. The number of nitrogens with one attached hydrogen (secondary N) is 2. The quantitative estimate of drug-likeness (QED) is 0.764. The Labute approximate surface area is 148 Å². The highest BCUT2D eigenvalue weighted by Crippen LogP contribution is 2.31. The molecule has 140 valence electrons. The lowest BCUT2D eigenvalue weighted by molar-refractivity contribution is -0.155. The number of amides is 4. The largest absolute Gasteiger partial charge is 0.432 e. The number of imide groups is 1. The minimum Gasteiger partial charge on any atom is -0.332 e. The van der Waals surface area contributed by atoms with Crippen molar-refractivity contribution < 1.29 is 19.2 Å². The van der Waals surface area contributed by atoms with Gasteiger partial charge in [0.15, 0.2) is 0 Å². The van der Waals surface area contributed by atoms with E-state index < -0.39 is 18.0 Å². The molecular weight excluding hydrogens is 322 g/mol. The first-order valence-corrected chi connectivity index (χ1v) is 9.76. The van der Waals surface area contributed by atoms with E-state index in [-0.39, 0.29) is 18.0 Å². The molecule has 7 heteroatoms. The molecule has 0 radical (unpaired) electrons. The second-order valence-electron chi connectivity index (χ2n) is 7.55. The minimum absolute atomic E-state index is 0.0563. The Morgan fingerprint density at radius 1 is 0.720 bits per heavy atom. The highest BCUT2D eigenvalue weighted by Gasteiger charge is 2.39. The van der Waals surface area contributed by atoms with Crippen molar-refractivity contribution in [2.24, 2.45) is 5.92 Å². The summed E-state index contributed by atoms with van der Waals surface area (Å²) in [5.41, 5.74) is 0. The molecule has 25 heavy (non-hydrogen) atoms. The number of hydrogen-bond acceptors (Lipinski definition) is 4. The fourth-order valence-corrected chi connectivity index (χ4v) is 3.69. The van der Waals surface area contributed by atoms with E-state index in [1.54, 1.807) is 0 Å². The van der Waals surface area contributed by atoms with Crippen LogP contribution in [0.3, 0.4) is 0 Å². The molecule has 3 saturated carbocycles. The van der Waals surface area contributed by atoms with Crippen LogP contribution in [0, 0.1) is 5.92 Å². The molecule has 0 unspecified atom stereocenters. The molecule has 7 nitrogen and oxygen atoms in total. The standard InChI is InChI=1S/C18H29N3O4/c22-16(13-11-12-13)21(17(23)19-14-7-3-1-4-8-14)25-18(24)20-15-9-5-2-6-10-15/h13-15H,1-12H2,(H,19,23)(H,20,24). The van der Waals surface area contributed by atoms with Crippen LogP contribution in [-0.4, -0.2) is 35.2 Å². The van der Waals surface area contributed by atoms with Gasteiger partial charge in [0.05, 0.1) is 0 Å². The summed E-state index contributed by atoms with van der Waals surface area (Å²) in [6.45, 7) is 0. The molecule has 0 aromatic heterocycles. The predicted molar refractivity (Wildman–Crippen MR) is 91.5 cm³/mol. The zero-order chi connectivity index (χ0) is 17.6. The third-order valence-corrected chi connectivity index (χ3v) is 5.35. The van der Waals surface area contributed by atoms with E-state index in [0.29, 0.717) is 5.06 Å². The number of carbonyl (C=O) groups excluding carboxylic acids is 3. The Morgan fingerprint density at radius 2 is 1.24 bits per heavy atom. The maximum atomic E-state index is 12.5. The average molecular weight is 351 g/mol. The Balaban J connectivity index is 1.55. The van der Waals surface area contributed by atoms with Crippen LogP contribution in [0.5, 0.6) is 0 Å². The van der Waals surface area contributed by atoms with Gasteiger partial charge in [0.2, 0.25) is 0 Å². The molecule has 0 heterocycles. The van der Waals surface area contributed by atoms with Gasteiger partial charge in [-0.2, -0.15) is 0 Å². The van der Waals surface area contributed by atoms with Gasteiger partial charge in [-0.3, -0.25) is 4.79 Å². The predicted octanol–water partition coefficient (Wildman–Crippen LogP) is 3.24. The van der Waals surface area contributed by atoms with Crippen molar-refractivity contribution in [2.45, 2.75) is 89.1 Å². The van der Waals surface area contributed by atoms with Crippen molar-refractivity contribution in [3.8, 4) is 0 Å². The van der Waals surface area contributed by atoms with Gasteiger partial charge >= 0.3 is 12.1 Å². The molecule has 3 aliphatic carbocycles. The van der Waals surface area contributed by atoms with E-state index >= 15 is 0 Å². The molecule has 3 rings (SSSR count). The lowest BCUT2D eigenvalue weighted by Gasteiger charge is -2.27.